The summed E-state index contributed by atoms with van der Waals surface area (Å²) in [5.41, 5.74) is 2.42. The van der Waals surface area contributed by atoms with Gasteiger partial charge < -0.3 is 19.9 Å². The van der Waals surface area contributed by atoms with E-state index in [2.05, 4.69) is 34.3 Å². The van der Waals surface area contributed by atoms with Gasteiger partial charge in [0.15, 0.2) is 0 Å². The maximum absolute atomic E-state index is 13.6. The molecule has 1 fully saturated rings. The molecule has 1 aliphatic heterocycles. The number of H-pyrrole nitrogens is 1. The van der Waals surface area contributed by atoms with Crippen LogP contribution in [-0.2, 0) is 32.8 Å². The van der Waals surface area contributed by atoms with Gasteiger partial charge in [0.2, 0.25) is 11.8 Å². The first-order valence-corrected chi connectivity index (χ1v) is 12.4. The van der Waals surface area contributed by atoms with Crippen LogP contribution < -0.4 is 5.32 Å². The zero-order chi connectivity index (χ0) is 24.5. The summed E-state index contributed by atoms with van der Waals surface area (Å²) in [5.74, 6) is -0.232. The van der Waals surface area contributed by atoms with Crippen molar-refractivity contribution in [2.75, 3.05) is 19.7 Å². The van der Waals surface area contributed by atoms with Crippen LogP contribution in [0.5, 0.6) is 0 Å². The van der Waals surface area contributed by atoms with Crippen molar-refractivity contribution in [3.05, 3.63) is 90.0 Å². The number of likely N-dealkylation sites (tertiary alicyclic amines) is 1. The van der Waals surface area contributed by atoms with Gasteiger partial charge in [-0.3, -0.25) is 9.59 Å². The minimum atomic E-state index is -0.631. The normalized spacial score (nSPS) is 15.3. The van der Waals surface area contributed by atoms with Crippen molar-refractivity contribution in [1.29, 1.82) is 0 Å². The maximum Gasteiger partial charge on any atom is 0.245 e. The molecule has 3 aromatic rings. The molecule has 0 aliphatic carbocycles. The number of nitrogens with one attached hydrogen (secondary N) is 2. The molecule has 2 N–H and O–H groups in total. The molecular formula is C28H34N4O3. The van der Waals surface area contributed by atoms with Crippen LogP contribution in [0.1, 0.15) is 43.0 Å². The maximum atomic E-state index is 13.6. The van der Waals surface area contributed by atoms with Crippen LogP contribution in [-0.4, -0.2) is 52.4 Å². The number of aryl methyl sites for hydroxylation is 1. The average molecular weight is 475 g/mol. The molecule has 7 nitrogen and oxygen atoms in total. The highest BCUT2D eigenvalue weighted by Gasteiger charge is 2.48. The van der Waals surface area contributed by atoms with Crippen LogP contribution in [0.15, 0.2) is 73.2 Å². The quantitative estimate of drug-likeness (QED) is 0.393. The monoisotopic (exact) mass is 474 g/mol. The number of amides is 2. The molecule has 184 valence electrons. The summed E-state index contributed by atoms with van der Waals surface area (Å²) in [4.78, 5) is 35.2. The first-order valence-electron chi connectivity index (χ1n) is 12.4. The van der Waals surface area contributed by atoms with Gasteiger partial charge in [-0.25, -0.2) is 4.98 Å². The van der Waals surface area contributed by atoms with Gasteiger partial charge in [-0.1, -0.05) is 74.0 Å². The number of carbonyl (C=O) groups excluding carboxylic acids is 2. The number of aromatic amines is 1. The molecule has 1 saturated heterocycles. The zero-order valence-corrected chi connectivity index (χ0v) is 20.3. The number of rotatable bonds is 12. The standard InChI is InChI=1S/C28H34N4O3/c1-2-3-16-35-28(23-12-8-5-9-13-23)19-32(20-28)27(34)25(17-22-10-6-4-7-11-22)31-26(33)15-14-24-18-29-21-30-24/h4-13,18,21,25H,2-3,14-17,19-20H2,1H3,(H,29,30)(H,31,33)/t25-/m1/s1. The smallest absolute Gasteiger partial charge is 0.245 e. The summed E-state index contributed by atoms with van der Waals surface area (Å²) in [5, 5.41) is 2.99. The summed E-state index contributed by atoms with van der Waals surface area (Å²) >= 11 is 0. The lowest BCUT2D eigenvalue weighted by Crippen LogP contribution is -2.66. The van der Waals surface area contributed by atoms with E-state index < -0.39 is 11.6 Å². The van der Waals surface area contributed by atoms with Crippen LogP contribution in [0.25, 0.3) is 0 Å². The Morgan fingerprint density at radius 3 is 2.49 bits per heavy atom. The highest BCUT2D eigenvalue weighted by Crippen LogP contribution is 2.36. The van der Waals surface area contributed by atoms with Crippen molar-refractivity contribution in [3.63, 3.8) is 0 Å². The number of unbranched alkanes of at least 4 members (excludes halogenated alkanes) is 1. The Hall–Kier alpha value is -3.45. The highest BCUT2D eigenvalue weighted by atomic mass is 16.5. The molecule has 0 spiro atoms. The second kappa shape index (κ2) is 11.8. The summed E-state index contributed by atoms with van der Waals surface area (Å²) in [6.45, 7) is 3.75. The molecule has 0 radical (unpaired) electrons. The van der Waals surface area contributed by atoms with Gasteiger partial charge in [-0.15, -0.1) is 0 Å². The van der Waals surface area contributed by atoms with Crippen LogP contribution in [0.2, 0.25) is 0 Å². The van der Waals surface area contributed by atoms with Crippen molar-refractivity contribution in [2.24, 2.45) is 0 Å². The van der Waals surface area contributed by atoms with Gasteiger partial charge in [-0.05, 0) is 24.0 Å². The molecule has 1 aromatic heterocycles. The van der Waals surface area contributed by atoms with Gasteiger partial charge in [0.1, 0.15) is 11.6 Å². The van der Waals surface area contributed by atoms with Crippen LogP contribution in [0.3, 0.4) is 0 Å². The lowest BCUT2D eigenvalue weighted by molar-refractivity contribution is -0.175. The number of hydrogen-bond donors (Lipinski definition) is 2. The average Bonchev–Trinajstić information content (AvgIpc) is 3.39. The number of benzene rings is 2. The summed E-state index contributed by atoms with van der Waals surface area (Å²) in [7, 11) is 0. The van der Waals surface area contributed by atoms with Gasteiger partial charge in [0.05, 0.1) is 25.1 Å². The first-order chi connectivity index (χ1) is 17.1. The number of nitrogens with zero attached hydrogens (tertiary/aromatic N) is 2. The molecule has 1 atom stereocenters. The molecule has 35 heavy (non-hydrogen) atoms. The largest absolute Gasteiger partial charge is 0.367 e. The minimum Gasteiger partial charge on any atom is -0.367 e. The summed E-state index contributed by atoms with van der Waals surface area (Å²) < 4.78 is 6.34. The van der Waals surface area contributed by atoms with Gasteiger partial charge in [0, 0.05) is 25.6 Å². The lowest BCUT2D eigenvalue weighted by Gasteiger charge is -2.51. The predicted octanol–water partition coefficient (Wildman–Crippen LogP) is 3.62. The van der Waals surface area contributed by atoms with E-state index >= 15 is 0 Å². The molecular weight excluding hydrogens is 440 g/mol. The topological polar surface area (TPSA) is 87.3 Å². The number of hydrogen-bond acceptors (Lipinski definition) is 4. The Bertz CT molecular complexity index is 1060. The molecule has 0 bridgehead atoms. The van der Waals surface area contributed by atoms with E-state index in [0.717, 1.165) is 29.7 Å². The Balaban J connectivity index is 1.44. The third-order valence-corrected chi connectivity index (χ3v) is 6.46. The van der Waals surface area contributed by atoms with E-state index in [1.807, 2.05) is 48.5 Å². The third kappa shape index (κ3) is 6.36. The minimum absolute atomic E-state index is 0.0763. The summed E-state index contributed by atoms with van der Waals surface area (Å²) in [6.07, 6.45) is 6.65. The molecule has 2 amide bonds. The number of ether oxygens (including phenoxy) is 1. The number of aromatic nitrogens is 2. The first kappa shape index (κ1) is 24.7. The summed E-state index contributed by atoms with van der Waals surface area (Å²) in [6, 6.07) is 19.3. The molecule has 7 heteroatoms. The fourth-order valence-corrected chi connectivity index (χ4v) is 4.44. The van der Waals surface area contributed by atoms with E-state index in [4.69, 9.17) is 4.74 Å². The van der Waals surface area contributed by atoms with Crippen LogP contribution in [0.4, 0.5) is 0 Å². The molecule has 0 unspecified atom stereocenters. The van der Waals surface area contributed by atoms with Crippen molar-refractivity contribution in [1.82, 2.24) is 20.2 Å². The number of carbonyl (C=O) groups is 2. The lowest BCUT2D eigenvalue weighted by atomic mass is 9.84. The predicted molar refractivity (Wildman–Crippen MR) is 135 cm³/mol. The van der Waals surface area contributed by atoms with Gasteiger partial charge >= 0.3 is 0 Å². The van der Waals surface area contributed by atoms with Crippen molar-refractivity contribution in [2.45, 2.75) is 50.7 Å². The highest BCUT2D eigenvalue weighted by molar-refractivity contribution is 5.88. The molecule has 4 rings (SSSR count). The van der Waals surface area contributed by atoms with E-state index in [-0.39, 0.29) is 18.2 Å². The van der Waals surface area contributed by atoms with E-state index in [1.54, 1.807) is 17.4 Å². The van der Waals surface area contributed by atoms with E-state index in [1.165, 1.54) is 0 Å². The molecule has 2 heterocycles. The Morgan fingerprint density at radius 2 is 1.83 bits per heavy atom. The SMILES string of the molecule is CCCCOC1(c2ccccc2)CN(C(=O)[C@@H](Cc2ccccc2)NC(=O)CCc2c[nH]cn2)C1. The Labute approximate surface area is 206 Å². The van der Waals surface area contributed by atoms with Gasteiger partial charge in [0.25, 0.3) is 0 Å². The number of imidazole rings is 1. The Morgan fingerprint density at radius 1 is 1.11 bits per heavy atom. The van der Waals surface area contributed by atoms with Gasteiger partial charge in [-0.2, -0.15) is 0 Å². The van der Waals surface area contributed by atoms with Crippen LogP contribution >= 0.6 is 0 Å². The zero-order valence-electron chi connectivity index (χ0n) is 20.3. The van der Waals surface area contributed by atoms with E-state index in [9.17, 15) is 9.59 Å². The Kier molecular flexibility index (Phi) is 8.32. The van der Waals surface area contributed by atoms with E-state index in [0.29, 0.717) is 32.5 Å². The fourth-order valence-electron chi connectivity index (χ4n) is 4.44. The van der Waals surface area contributed by atoms with Crippen LogP contribution in [0, 0.1) is 0 Å². The molecule has 0 saturated carbocycles. The molecule has 1 aliphatic rings. The molecule has 2 aromatic carbocycles. The fraction of sp³-hybridized carbons (Fsp3) is 0.393. The van der Waals surface area contributed by atoms with Crippen molar-refractivity contribution >= 4 is 11.8 Å². The second-order valence-electron chi connectivity index (χ2n) is 9.13. The van der Waals surface area contributed by atoms with Crippen molar-refractivity contribution < 1.29 is 14.3 Å². The second-order valence-corrected chi connectivity index (χ2v) is 9.13. The van der Waals surface area contributed by atoms with Crippen molar-refractivity contribution in [3.8, 4) is 0 Å². The third-order valence-electron chi connectivity index (χ3n) is 6.46.